The van der Waals surface area contributed by atoms with E-state index in [-0.39, 0.29) is 5.91 Å². The van der Waals surface area contributed by atoms with Crippen molar-refractivity contribution in [1.82, 2.24) is 9.80 Å². The molecule has 2 aromatic rings. The highest BCUT2D eigenvalue weighted by Crippen LogP contribution is 2.28. The minimum Gasteiger partial charge on any atom is -0.496 e. The van der Waals surface area contributed by atoms with Gasteiger partial charge in [0.05, 0.1) is 32.5 Å². The highest BCUT2D eigenvalue weighted by Gasteiger charge is 2.21. The molecule has 3 rings (SSSR count). The van der Waals surface area contributed by atoms with Crippen molar-refractivity contribution in [2.45, 2.75) is 19.4 Å². The smallest absolute Gasteiger partial charge is 0.222 e. The molecular formula is C24H28ClN3O4. The minimum absolute atomic E-state index is 0.139. The first-order valence-corrected chi connectivity index (χ1v) is 11.0. The number of nitrogens with zero attached hydrogens (tertiary/aromatic N) is 3. The number of ether oxygens (including phenoxy) is 3. The van der Waals surface area contributed by atoms with Crippen LogP contribution in [-0.2, 0) is 11.3 Å². The second-order valence-electron chi connectivity index (χ2n) is 7.54. The van der Waals surface area contributed by atoms with E-state index >= 15 is 0 Å². The molecule has 0 aliphatic carbocycles. The van der Waals surface area contributed by atoms with Gasteiger partial charge in [-0.15, -0.1) is 0 Å². The number of amides is 1. The zero-order valence-electron chi connectivity index (χ0n) is 18.5. The van der Waals surface area contributed by atoms with E-state index in [4.69, 9.17) is 31.1 Å². The minimum atomic E-state index is 0.139. The van der Waals surface area contributed by atoms with E-state index in [9.17, 15) is 4.79 Å². The first-order chi connectivity index (χ1) is 15.5. The van der Waals surface area contributed by atoms with Crippen molar-refractivity contribution in [3.8, 4) is 23.3 Å². The third kappa shape index (κ3) is 6.28. The maximum absolute atomic E-state index is 12.6. The van der Waals surface area contributed by atoms with E-state index in [2.05, 4.69) is 11.0 Å². The van der Waals surface area contributed by atoms with Crippen molar-refractivity contribution in [3.05, 3.63) is 52.5 Å². The molecule has 0 bridgehead atoms. The van der Waals surface area contributed by atoms with Crippen LogP contribution in [0.15, 0.2) is 36.4 Å². The molecule has 0 spiro atoms. The van der Waals surface area contributed by atoms with Gasteiger partial charge in [0.15, 0.2) is 11.5 Å². The fourth-order valence-corrected chi connectivity index (χ4v) is 3.88. The van der Waals surface area contributed by atoms with E-state index in [1.165, 1.54) is 7.11 Å². The summed E-state index contributed by atoms with van der Waals surface area (Å²) < 4.78 is 16.4. The van der Waals surface area contributed by atoms with Crippen molar-refractivity contribution in [3.63, 3.8) is 0 Å². The monoisotopic (exact) mass is 457 g/mol. The summed E-state index contributed by atoms with van der Waals surface area (Å²) >= 11 is 6.13. The van der Waals surface area contributed by atoms with Crippen LogP contribution < -0.4 is 14.2 Å². The molecule has 8 heteroatoms. The van der Waals surface area contributed by atoms with Gasteiger partial charge in [0, 0.05) is 55.8 Å². The lowest BCUT2D eigenvalue weighted by molar-refractivity contribution is -0.133. The molecule has 1 aliphatic heterocycles. The molecular weight excluding hydrogens is 430 g/mol. The Hall–Kier alpha value is -2.95. The lowest BCUT2D eigenvalue weighted by Gasteiger charge is -2.35. The second-order valence-corrected chi connectivity index (χ2v) is 7.98. The molecule has 7 nitrogen and oxygen atoms in total. The first kappa shape index (κ1) is 23.7. The number of halogens is 1. The van der Waals surface area contributed by atoms with Gasteiger partial charge in [-0.05, 0) is 36.8 Å². The fraction of sp³-hybridized carbons (Fsp3) is 0.417. The van der Waals surface area contributed by atoms with Crippen LogP contribution in [0.4, 0.5) is 0 Å². The number of carbonyl (C=O) groups is 1. The second kappa shape index (κ2) is 11.6. The number of hydrogen-bond acceptors (Lipinski definition) is 6. The van der Waals surface area contributed by atoms with E-state index in [0.717, 1.165) is 30.9 Å². The van der Waals surface area contributed by atoms with E-state index in [1.54, 1.807) is 25.3 Å². The SMILES string of the molecule is COc1ccc(Cl)cc1CN1CCN(C(=O)CCCOc2ccc(C#N)cc2OC)CC1. The maximum Gasteiger partial charge on any atom is 0.222 e. The highest BCUT2D eigenvalue weighted by atomic mass is 35.5. The zero-order valence-corrected chi connectivity index (χ0v) is 19.2. The number of carbonyl (C=O) groups excluding carboxylic acids is 1. The van der Waals surface area contributed by atoms with Crippen molar-refractivity contribution >= 4 is 17.5 Å². The van der Waals surface area contributed by atoms with Gasteiger partial charge in [-0.3, -0.25) is 9.69 Å². The quantitative estimate of drug-likeness (QED) is 0.534. The van der Waals surface area contributed by atoms with Crippen LogP contribution in [0.25, 0.3) is 0 Å². The molecule has 1 amide bonds. The molecule has 1 fully saturated rings. The van der Waals surface area contributed by atoms with Crippen LogP contribution in [0, 0.1) is 11.3 Å². The first-order valence-electron chi connectivity index (χ1n) is 10.6. The van der Waals surface area contributed by atoms with Crippen molar-refractivity contribution in [2.75, 3.05) is 47.0 Å². The lowest BCUT2D eigenvalue weighted by atomic mass is 10.1. The highest BCUT2D eigenvalue weighted by molar-refractivity contribution is 6.30. The number of benzene rings is 2. The van der Waals surface area contributed by atoms with Gasteiger partial charge in [-0.25, -0.2) is 0 Å². The van der Waals surface area contributed by atoms with Crippen LogP contribution in [0.5, 0.6) is 17.2 Å². The molecule has 0 N–H and O–H groups in total. The summed E-state index contributed by atoms with van der Waals surface area (Å²) in [5.41, 5.74) is 1.56. The van der Waals surface area contributed by atoms with E-state index in [1.807, 2.05) is 23.1 Å². The van der Waals surface area contributed by atoms with Crippen LogP contribution in [0.2, 0.25) is 5.02 Å². The Bertz CT molecular complexity index is 968. The van der Waals surface area contributed by atoms with Crippen LogP contribution >= 0.6 is 11.6 Å². The van der Waals surface area contributed by atoms with Gasteiger partial charge in [0.1, 0.15) is 5.75 Å². The van der Waals surface area contributed by atoms with Crippen LogP contribution in [0.3, 0.4) is 0 Å². The van der Waals surface area contributed by atoms with E-state index < -0.39 is 0 Å². The van der Waals surface area contributed by atoms with Gasteiger partial charge in [-0.2, -0.15) is 5.26 Å². The molecule has 170 valence electrons. The number of methoxy groups -OCH3 is 2. The Kier molecular flexibility index (Phi) is 8.60. The maximum atomic E-state index is 12.6. The Balaban J connectivity index is 1.41. The average Bonchev–Trinajstić information content (AvgIpc) is 2.82. The molecule has 1 aliphatic rings. The number of nitriles is 1. The molecule has 0 radical (unpaired) electrons. The fourth-order valence-electron chi connectivity index (χ4n) is 3.69. The Morgan fingerprint density at radius 1 is 1.03 bits per heavy atom. The van der Waals surface area contributed by atoms with Crippen molar-refractivity contribution in [2.24, 2.45) is 0 Å². The number of rotatable bonds is 9. The Morgan fingerprint density at radius 3 is 2.44 bits per heavy atom. The Morgan fingerprint density at radius 2 is 1.75 bits per heavy atom. The Labute approximate surface area is 194 Å². The molecule has 0 saturated carbocycles. The van der Waals surface area contributed by atoms with Gasteiger partial charge in [0.25, 0.3) is 0 Å². The lowest BCUT2D eigenvalue weighted by Crippen LogP contribution is -2.48. The summed E-state index contributed by atoms with van der Waals surface area (Å²) in [5, 5.41) is 9.66. The van der Waals surface area contributed by atoms with E-state index in [0.29, 0.717) is 54.6 Å². The molecule has 1 heterocycles. The summed E-state index contributed by atoms with van der Waals surface area (Å²) in [6.07, 6.45) is 1.04. The standard InChI is InChI=1S/C24H28ClN3O4/c1-30-21-8-6-20(25)15-19(21)17-27-9-11-28(12-10-27)24(29)4-3-13-32-22-7-5-18(16-26)14-23(22)31-2/h5-8,14-15H,3-4,9-13,17H2,1-2H3. The normalized spacial score (nSPS) is 14.0. The summed E-state index contributed by atoms with van der Waals surface area (Å²) in [6, 6.07) is 12.7. The molecule has 0 atom stereocenters. The van der Waals surface area contributed by atoms with Gasteiger partial charge < -0.3 is 19.1 Å². The molecule has 1 saturated heterocycles. The molecule has 0 unspecified atom stereocenters. The molecule has 32 heavy (non-hydrogen) atoms. The van der Waals surface area contributed by atoms with Crippen LogP contribution in [-0.4, -0.2) is 62.7 Å². The third-order valence-electron chi connectivity index (χ3n) is 5.45. The summed E-state index contributed by atoms with van der Waals surface area (Å²) in [6.45, 7) is 4.16. The third-order valence-corrected chi connectivity index (χ3v) is 5.68. The largest absolute Gasteiger partial charge is 0.496 e. The predicted molar refractivity (Wildman–Crippen MR) is 122 cm³/mol. The number of piperazine rings is 1. The average molecular weight is 458 g/mol. The molecule has 2 aromatic carbocycles. The molecule has 0 aromatic heterocycles. The zero-order chi connectivity index (χ0) is 22.9. The van der Waals surface area contributed by atoms with Gasteiger partial charge in [-0.1, -0.05) is 11.6 Å². The summed E-state index contributed by atoms with van der Waals surface area (Å²) in [5.74, 6) is 2.05. The summed E-state index contributed by atoms with van der Waals surface area (Å²) in [7, 11) is 3.19. The number of hydrogen-bond donors (Lipinski definition) is 0. The van der Waals surface area contributed by atoms with Crippen LogP contribution in [0.1, 0.15) is 24.0 Å². The van der Waals surface area contributed by atoms with Crippen molar-refractivity contribution in [1.29, 1.82) is 5.26 Å². The van der Waals surface area contributed by atoms with Crippen molar-refractivity contribution < 1.29 is 19.0 Å². The summed E-state index contributed by atoms with van der Waals surface area (Å²) in [4.78, 5) is 16.8. The topological polar surface area (TPSA) is 75.0 Å². The van der Waals surface area contributed by atoms with Gasteiger partial charge >= 0.3 is 0 Å². The predicted octanol–water partition coefficient (Wildman–Crippen LogP) is 3.73. The van der Waals surface area contributed by atoms with Gasteiger partial charge in [0.2, 0.25) is 5.91 Å².